The molecule has 0 saturated heterocycles. The number of aliphatic hydroxyl groups excluding tert-OH is 1. The zero-order chi connectivity index (χ0) is 7.56. The van der Waals surface area contributed by atoms with E-state index in [0.29, 0.717) is 5.92 Å². The van der Waals surface area contributed by atoms with Gasteiger partial charge in [0, 0.05) is 6.04 Å². The minimum absolute atomic E-state index is 0.226. The minimum atomic E-state index is -0.227. The highest BCUT2D eigenvalue weighted by atomic mass is 16.3. The zero-order valence-corrected chi connectivity index (χ0v) is 6.33. The molecule has 2 heteroatoms. The molecule has 1 aliphatic carbocycles. The van der Waals surface area contributed by atoms with E-state index in [9.17, 15) is 0 Å². The normalized spacial score (nSPS) is 35.9. The fourth-order valence-electron chi connectivity index (χ4n) is 1.26. The number of rotatable bonds is 1. The van der Waals surface area contributed by atoms with E-state index in [-0.39, 0.29) is 12.1 Å². The standard InChI is InChI=1S/C8H15NO/c1-6(9)7-2-4-8(10)5-3-7/h2,4,6-8,10H,3,5,9H2,1H3. The maximum Gasteiger partial charge on any atom is 0.0721 e. The van der Waals surface area contributed by atoms with Gasteiger partial charge < -0.3 is 10.8 Å². The molecule has 0 bridgehead atoms. The molecule has 58 valence electrons. The Bertz CT molecular complexity index is 131. The third kappa shape index (κ3) is 1.82. The molecule has 10 heavy (non-hydrogen) atoms. The van der Waals surface area contributed by atoms with Crippen molar-refractivity contribution in [3.05, 3.63) is 12.2 Å². The topological polar surface area (TPSA) is 46.2 Å². The van der Waals surface area contributed by atoms with Gasteiger partial charge >= 0.3 is 0 Å². The van der Waals surface area contributed by atoms with Crippen molar-refractivity contribution in [2.45, 2.75) is 31.9 Å². The van der Waals surface area contributed by atoms with Gasteiger partial charge in [0.05, 0.1) is 6.10 Å². The fourth-order valence-corrected chi connectivity index (χ4v) is 1.26. The smallest absolute Gasteiger partial charge is 0.0721 e. The summed E-state index contributed by atoms with van der Waals surface area (Å²) in [5.41, 5.74) is 5.68. The molecule has 3 unspecified atom stereocenters. The molecule has 0 amide bonds. The zero-order valence-electron chi connectivity index (χ0n) is 6.33. The van der Waals surface area contributed by atoms with E-state index in [2.05, 4.69) is 0 Å². The molecule has 3 N–H and O–H groups in total. The molecule has 0 saturated carbocycles. The molecular formula is C8H15NO. The van der Waals surface area contributed by atoms with Crippen molar-refractivity contribution in [1.82, 2.24) is 0 Å². The molecule has 3 atom stereocenters. The lowest BCUT2D eigenvalue weighted by Crippen LogP contribution is -2.28. The number of nitrogens with two attached hydrogens (primary N) is 1. The van der Waals surface area contributed by atoms with Gasteiger partial charge in [0.2, 0.25) is 0 Å². The van der Waals surface area contributed by atoms with Gasteiger partial charge in [0.1, 0.15) is 0 Å². The summed E-state index contributed by atoms with van der Waals surface area (Å²) in [6, 6.07) is 0.226. The molecule has 2 nitrogen and oxygen atoms in total. The van der Waals surface area contributed by atoms with Gasteiger partial charge in [0.15, 0.2) is 0 Å². The fraction of sp³-hybridized carbons (Fsp3) is 0.750. The van der Waals surface area contributed by atoms with Crippen molar-refractivity contribution < 1.29 is 5.11 Å². The van der Waals surface area contributed by atoms with Crippen molar-refractivity contribution in [2.24, 2.45) is 11.7 Å². The van der Waals surface area contributed by atoms with E-state index in [1.54, 1.807) is 0 Å². The second-order valence-corrected chi connectivity index (χ2v) is 3.05. The van der Waals surface area contributed by atoms with Crippen molar-refractivity contribution in [3.63, 3.8) is 0 Å². The van der Waals surface area contributed by atoms with Crippen LogP contribution in [0.3, 0.4) is 0 Å². The van der Waals surface area contributed by atoms with Gasteiger partial charge in [-0.15, -0.1) is 0 Å². The van der Waals surface area contributed by atoms with Crippen LogP contribution >= 0.6 is 0 Å². The minimum Gasteiger partial charge on any atom is -0.389 e. The van der Waals surface area contributed by atoms with E-state index in [0.717, 1.165) is 12.8 Å². The summed E-state index contributed by atoms with van der Waals surface area (Å²) < 4.78 is 0. The van der Waals surface area contributed by atoms with Crippen LogP contribution in [-0.2, 0) is 0 Å². The van der Waals surface area contributed by atoms with Crippen LogP contribution < -0.4 is 5.73 Å². The van der Waals surface area contributed by atoms with Crippen molar-refractivity contribution in [1.29, 1.82) is 0 Å². The lowest BCUT2D eigenvalue weighted by Gasteiger charge is -2.22. The summed E-state index contributed by atoms with van der Waals surface area (Å²) in [6.07, 6.45) is 5.53. The Morgan fingerprint density at radius 1 is 1.50 bits per heavy atom. The van der Waals surface area contributed by atoms with Gasteiger partial charge in [-0.25, -0.2) is 0 Å². The highest BCUT2D eigenvalue weighted by Gasteiger charge is 2.16. The summed E-state index contributed by atoms with van der Waals surface area (Å²) in [7, 11) is 0. The van der Waals surface area contributed by atoms with Gasteiger partial charge in [-0.2, -0.15) is 0 Å². The van der Waals surface area contributed by atoms with E-state index >= 15 is 0 Å². The predicted octanol–water partition coefficient (Wildman–Crippen LogP) is 0.661. The molecule has 1 aliphatic rings. The Hall–Kier alpha value is -0.340. The van der Waals surface area contributed by atoms with Crippen LogP contribution in [-0.4, -0.2) is 17.3 Å². The number of hydrogen-bond acceptors (Lipinski definition) is 2. The third-order valence-electron chi connectivity index (χ3n) is 2.05. The molecule has 0 heterocycles. The molecule has 0 radical (unpaired) electrons. The molecule has 0 aromatic carbocycles. The molecule has 0 spiro atoms. The number of hydrogen-bond donors (Lipinski definition) is 2. The summed E-state index contributed by atoms with van der Waals surface area (Å²) in [4.78, 5) is 0. The van der Waals surface area contributed by atoms with Crippen molar-refractivity contribution in [3.8, 4) is 0 Å². The summed E-state index contributed by atoms with van der Waals surface area (Å²) in [5, 5.41) is 9.08. The Morgan fingerprint density at radius 2 is 2.20 bits per heavy atom. The monoisotopic (exact) mass is 141 g/mol. The molecule has 0 aliphatic heterocycles. The number of aliphatic hydroxyl groups is 1. The van der Waals surface area contributed by atoms with Crippen LogP contribution in [0.5, 0.6) is 0 Å². The first-order valence-electron chi connectivity index (χ1n) is 3.82. The van der Waals surface area contributed by atoms with Gasteiger partial charge in [-0.05, 0) is 25.7 Å². The average molecular weight is 141 g/mol. The lowest BCUT2D eigenvalue weighted by molar-refractivity contribution is 0.192. The van der Waals surface area contributed by atoms with Gasteiger partial charge in [-0.1, -0.05) is 12.2 Å². The third-order valence-corrected chi connectivity index (χ3v) is 2.05. The van der Waals surface area contributed by atoms with Gasteiger partial charge in [-0.3, -0.25) is 0 Å². The van der Waals surface area contributed by atoms with Crippen LogP contribution in [0.2, 0.25) is 0 Å². The van der Waals surface area contributed by atoms with Crippen LogP contribution in [0.25, 0.3) is 0 Å². The Balaban J connectivity index is 2.45. The second kappa shape index (κ2) is 3.17. The van der Waals surface area contributed by atoms with Crippen LogP contribution in [0, 0.1) is 5.92 Å². The molecule has 0 aromatic heterocycles. The largest absolute Gasteiger partial charge is 0.389 e. The maximum absolute atomic E-state index is 9.08. The quantitative estimate of drug-likeness (QED) is 0.527. The van der Waals surface area contributed by atoms with Crippen LogP contribution in [0.4, 0.5) is 0 Å². The summed E-state index contributed by atoms with van der Waals surface area (Å²) >= 11 is 0. The first kappa shape index (κ1) is 7.76. The SMILES string of the molecule is CC(N)C1C=CC(O)CC1. The highest BCUT2D eigenvalue weighted by Crippen LogP contribution is 2.19. The highest BCUT2D eigenvalue weighted by molar-refractivity contribution is 5.00. The molecule has 0 fully saturated rings. The Labute approximate surface area is 61.7 Å². The second-order valence-electron chi connectivity index (χ2n) is 3.05. The average Bonchev–Trinajstić information content (AvgIpc) is 1.88. The summed E-state index contributed by atoms with van der Waals surface area (Å²) in [5.74, 6) is 0.475. The lowest BCUT2D eigenvalue weighted by atomic mass is 9.89. The van der Waals surface area contributed by atoms with E-state index < -0.39 is 0 Å². The van der Waals surface area contributed by atoms with E-state index in [1.165, 1.54) is 0 Å². The van der Waals surface area contributed by atoms with E-state index in [4.69, 9.17) is 10.8 Å². The van der Waals surface area contributed by atoms with Crippen LogP contribution in [0.15, 0.2) is 12.2 Å². The Morgan fingerprint density at radius 3 is 2.60 bits per heavy atom. The van der Waals surface area contributed by atoms with E-state index in [1.807, 2.05) is 19.1 Å². The van der Waals surface area contributed by atoms with Crippen molar-refractivity contribution >= 4 is 0 Å². The first-order chi connectivity index (χ1) is 4.70. The van der Waals surface area contributed by atoms with Crippen molar-refractivity contribution in [2.75, 3.05) is 0 Å². The van der Waals surface area contributed by atoms with Crippen LogP contribution in [0.1, 0.15) is 19.8 Å². The predicted molar refractivity (Wildman–Crippen MR) is 41.5 cm³/mol. The maximum atomic E-state index is 9.08. The Kier molecular flexibility index (Phi) is 2.46. The molecule has 0 aromatic rings. The van der Waals surface area contributed by atoms with Gasteiger partial charge in [0.25, 0.3) is 0 Å². The summed E-state index contributed by atoms with van der Waals surface area (Å²) in [6.45, 7) is 2.01. The molecular weight excluding hydrogens is 126 g/mol. The molecule has 1 rings (SSSR count). The first-order valence-corrected chi connectivity index (χ1v) is 3.82.